The molecular weight excluding hydrogens is 397 g/mol. The Labute approximate surface area is 165 Å². The first-order valence-electron chi connectivity index (χ1n) is 8.18. The smallest absolute Gasteiger partial charge is 0.270 e. The van der Waals surface area contributed by atoms with E-state index in [2.05, 4.69) is 20.5 Å². The van der Waals surface area contributed by atoms with Crippen LogP contribution in [0.15, 0.2) is 63.3 Å². The molecule has 0 aliphatic carbocycles. The molecule has 0 saturated carbocycles. The predicted molar refractivity (Wildman–Crippen MR) is 106 cm³/mol. The molecule has 0 aliphatic heterocycles. The molecule has 29 heavy (non-hydrogen) atoms. The van der Waals surface area contributed by atoms with Crippen LogP contribution in [-0.2, 0) is 9.84 Å². The van der Waals surface area contributed by atoms with Crippen molar-refractivity contribution in [3.63, 3.8) is 0 Å². The van der Waals surface area contributed by atoms with E-state index in [9.17, 15) is 22.9 Å². The number of nitriles is 1. The van der Waals surface area contributed by atoms with Gasteiger partial charge in [-0.1, -0.05) is 42.5 Å². The third-order valence-electron chi connectivity index (χ3n) is 3.82. The summed E-state index contributed by atoms with van der Waals surface area (Å²) in [6, 6.07) is 14.2. The highest BCUT2D eigenvalue weighted by molar-refractivity contribution is 7.90. The highest BCUT2D eigenvalue weighted by Gasteiger charge is 2.17. The van der Waals surface area contributed by atoms with E-state index >= 15 is 0 Å². The van der Waals surface area contributed by atoms with E-state index < -0.39 is 26.1 Å². The van der Waals surface area contributed by atoms with Gasteiger partial charge in [-0.15, -0.1) is 0 Å². The Morgan fingerprint density at radius 3 is 2.59 bits per heavy atom. The molecule has 0 fully saturated rings. The van der Waals surface area contributed by atoms with Crippen LogP contribution in [-0.4, -0.2) is 30.9 Å². The average Bonchev–Trinajstić information content (AvgIpc) is 2.67. The van der Waals surface area contributed by atoms with Crippen molar-refractivity contribution in [1.82, 2.24) is 9.97 Å². The van der Waals surface area contributed by atoms with Crippen molar-refractivity contribution < 1.29 is 12.8 Å². The van der Waals surface area contributed by atoms with Crippen molar-refractivity contribution in [3.8, 4) is 17.3 Å². The lowest BCUT2D eigenvalue weighted by atomic mass is 10.1. The molecule has 0 spiro atoms. The third kappa shape index (κ3) is 4.36. The maximum atomic E-state index is 13.9. The van der Waals surface area contributed by atoms with E-state index in [-0.39, 0.29) is 22.8 Å². The highest BCUT2D eigenvalue weighted by atomic mass is 32.2. The maximum Gasteiger partial charge on any atom is 0.270 e. The van der Waals surface area contributed by atoms with Gasteiger partial charge in [0.15, 0.2) is 9.84 Å². The average molecular weight is 411 g/mol. The van der Waals surface area contributed by atoms with Gasteiger partial charge in [0.05, 0.1) is 11.9 Å². The zero-order valence-corrected chi connectivity index (χ0v) is 15.9. The molecule has 0 atom stereocenters. The summed E-state index contributed by atoms with van der Waals surface area (Å²) in [6.45, 7) is 0. The number of hydrogen-bond donors (Lipinski definition) is 2. The maximum absolute atomic E-state index is 13.9. The van der Waals surface area contributed by atoms with Gasteiger partial charge in [0.2, 0.25) is 5.95 Å². The largest absolute Gasteiger partial charge is 0.290 e. The molecule has 10 heteroatoms. The Bertz CT molecular complexity index is 1300. The van der Waals surface area contributed by atoms with Crippen molar-refractivity contribution in [2.24, 2.45) is 5.10 Å². The zero-order chi connectivity index (χ0) is 21.0. The van der Waals surface area contributed by atoms with Gasteiger partial charge in [-0.25, -0.2) is 23.2 Å². The van der Waals surface area contributed by atoms with E-state index in [4.69, 9.17) is 0 Å². The fourth-order valence-electron chi connectivity index (χ4n) is 2.62. The van der Waals surface area contributed by atoms with Gasteiger partial charge in [0.25, 0.3) is 5.56 Å². The van der Waals surface area contributed by atoms with Crippen molar-refractivity contribution in [1.29, 1.82) is 5.26 Å². The summed E-state index contributed by atoms with van der Waals surface area (Å²) in [7, 11) is -3.82. The van der Waals surface area contributed by atoms with Crippen LogP contribution in [0.5, 0.6) is 0 Å². The molecule has 2 aromatic carbocycles. The molecule has 1 aromatic heterocycles. The molecule has 0 radical (unpaired) electrons. The van der Waals surface area contributed by atoms with Gasteiger partial charge < -0.3 is 0 Å². The third-order valence-corrected chi connectivity index (χ3v) is 4.99. The molecule has 0 bridgehead atoms. The second-order valence-electron chi connectivity index (χ2n) is 5.92. The quantitative estimate of drug-likeness (QED) is 0.490. The normalized spacial score (nSPS) is 11.3. The van der Waals surface area contributed by atoms with Crippen LogP contribution in [0.4, 0.5) is 10.3 Å². The van der Waals surface area contributed by atoms with Gasteiger partial charge in [0.1, 0.15) is 22.3 Å². The number of nitrogens with zero attached hydrogens (tertiary/aromatic N) is 3. The minimum absolute atomic E-state index is 0.0271. The number of hydrogen-bond acceptors (Lipinski definition) is 7. The van der Waals surface area contributed by atoms with Crippen LogP contribution in [0.1, 0.15) is 11.1 Å². The number of hydrazone groups is 1. The van der Waals surface area contributed by atoms with Crippen molar-refractivity contribution >= 4 is 22.0 Å². The number of halogens is 1. The molecule has 0 aliphatic rings. The summed E-state index contributed by atoms with van der Waals surface area (Å²) in [5, 5.41) is 13.1. The molecule has 3 aromatic rings. The molecule has 0 saturated heterocycles. The first-order chi connectivity index (χ1) is 13.8. The number of aromatic nitrogens is 2. The van der Waals surface area contributed by atoms with Gasteiger partial charge in [0, 0.05) is 17.4 Å². The van der Waals surface area contributed by atoms with Gasteiger partial charge in [-0.2, -0.15) is 10.4 Å². The first kappa shape index (κ1) is 19.9. The lowest BCUT2D eigenvalue weighted by Gasteiger charge is -2.07. The van der Waals surface area contributed by atoms with E-state index in [1.807, 2.05) is 6.07 Å². The van der Waals surface area contributed by atoms with E-state index in [0.717, 1.165) is 18.5 Å². The van der Waals surface area contributed by atoms with Crippen molar-refractivity contribution in [3.05, 3.63) is 75.8 Å². The lowest BCUT2D eigenvalue weighted by molar-refractivity contribution is 0.570. The predicted octanol–water partition coefficient (Wildman–Crippen LogP) is 2.30. The molecule has 0 unspecified atom stereocenters. The van der Waals surface area contributed by atoms with Crippen LogP contribution in [0.2, 0.25) is 0 Å². The summed E-state index contributed by atoms with van der Waals surface area (Å²) in [5.74, 6) is -0.964. The molecule has 8 nitrogen and oxygen atoms in total. The van der Waals surface area contributed by atoms with Crippen LogP contribution < -0.4 is 11.0 Å². The van der Waals surface area contributed by atoms with Crippen LogP contribution in [0, 0.1) is 17.1 Å². The van der Waals surface area contributed by atoms with Crippen LogP contribution >= 0.6 is 0 Å². The summed E-state index contributed by atoms with van der Waals surface area (Å²) in [5.41, 5.74) is 2.40. The summed E-state index contributed by atoms with van der Waals surface area (Å²) in [4.78, 5) is 18.3. The van der Waals surface area contributed by atoms with Crippen LogP contribution in [0.3, 0.4) is 0 Å². The highest BCUT2D eigenvalue weighted by Crippen LogP contribution is 2.20. The van der Waals surface area contributed by atoms with Crippen LogP contribution in [0.25, 0.3) is 11.3 Å². The number of benzene rings is 2. The monoisotopic (exact) mass is 411 g/mol. The number of rotatable bonds is 5. The fraction of sp³-hybridized carbons (Fsp3) is 0.0526. The molecule has 1 heterocycles. The van der Waals surface area contributed by atoms with E-state index in [1.165, 1.54) is 12.1 Å². The molecule has 0 amide bonds. The topological polar surface area (TPSA) is 128 Å². The standard InChI is InChI=1S/C19H14FN5O3S/c1-29(27,28)17-13(8-5-9-15(17)20)11-22-25-19-23-16(12-6-3-2-4-7-12)14(10-21)18(26)24-19/h2-9,11H,1H3,(H2,23,24,25,26). The number of nitrogens with one attached hydrogen (secondary N) is 2. The number of anilines is 1. The lowest BCUT2D eigenvalue weighted by Crippen LogP contribution is -2.16. The summed E-state index contributed by atoms with van der Waals surface area (Å²) >= 11 is 0. The van der Waals surface area contributed by atoms with Crippen molar-refractivity contribution in [2.75, 3.05) is 11.7 Å². The fourth-order valence-corrected chi connectivity index (χ4v) is 3.59. The van der Waals surface area contributed by atoms with E-state index in [0.29, 0.717) is 5.56 Å². The van der Waals surface area contributed by atoms with Gasteiger partial charge >= 0.3 is 0 Å². The Hall–Kier alpha value is -3.84. The van der Waals surface area contributed by atoms with E-state index in [1.54, 1.807) is 30.3 Å². The second-order valence-corrected chi connectivity index (χ2v) is 7.87. The summed E-state index contributed by atoms with van der Waals surface area (Å²) < 4.78 is 37.5. The minimum atomic E-state index is -3.82. The number of sulfone groups is 1. The summed E-state index contributed by atoms with van der Waals surface area (Å²) in [6.07, 6.45) is 1.99. The second kappa shape index (κ2) is 8.04. The first-order valence-corrected chi connectivity index (χ1v) is 10.1. The minimum Gasteiger partial charge on any atom is -0.290 e. The Morgan fingerprint density at radius 2 is 1.93 bits per heavy atom. The number of H-pyrrole nitrogens is 1. The Kier molecular flexibility index (Phi) is 5.52. The van der Waals surface area contributed by atoms with Crippen molar-refractivity contribution in [2.45, 2.75) is 4.90 Å². The molecule has 2 N–H and O–H groups in total. The van der Waals surface area contributed by atoms with Gasteiger partial charge in [-0.3, -0.25) is 9.78 Å². The van der Waals surface area contributed by atoms with Gasteiger partial charge in [-0.05, 0) is 6.07 Å². The number of aromatic amines is 1. The Balaban J connectivity index is 1.98. The SMILES string of the molecule is CS(=O)(=O)c1c(F)cccc1C=NNc1nc(-c2ccccc2)c(C#N)c(=O)[nH]1. The molecule has 3 rings (SSSR count). The zero-order valence-electron chi connectivity index (χ0n) is 15.0. The molecule has 146 valence electrons. The molecular formula is C19H14FN5O3S. The Morgan fingerprint density at radius 1 is 1.21 bits per heavy atom.